The fraction of sp³-hybridized carbons (Fsp3) is 0.189. The lowest BCUT2D eigenvalue weighted by atomic mass is 9.14. The molecule has 6 heteroatoms. The van der Waals surface area contributed by atoms with E-state index in [0.717, 1.165) is 27.1 Å². The molecule has 0 saturated heterocycles. The molecule has 5 aromatic carbocycles. The normalized spacial score (nSPS) is 11.0. The first kappa shape index (κ1) is 33.5. The Morgan fingerprint density at radius 1 is 0.581 bits per heavy atom. The van der Waals surface area contributed by atoms with Gasteiger partial charge in [-0.2, -0.15) is 22.7 Å². The number of benzene rings is 5. The molecule has 0 amide bonds. The van der Waals surface area contributed by atoms with E-state index >= 15 is 0 Å². The van der Waals surface area contributed by atoms with Gasteiger partial charge >= 0.3 is 0 Å². The molecule has 0 bridgehead atoms. The molecule has 0 saturated carbocycles. The molecule has 0 aromatic heterocycles. The Labute approximate surface area is 285 Å². The Kier molecular flexibility index (Phi) is 12.9. The lowest BCUT2D eigenvalue weighted by molar-refractivity contribution is -0.326. The SMILES string of the molecule is CCCCCC[B-](c1ccc(Cl)cc1)(c1ccc(Cl)cc1)c1ccc(Cl)cc1.COc1ccc(-c2ccccc2[IH+])cc1. The molecule has 1 nitrogen and oxygen atoms in total. The summed E-state index contributed by atoms with van der Waals surface area (Å²) in [5.41, 5.74) is 6.41. The van der Waals surface area contributed by atoms with Gasteiger partial charge in [0, 0.05) is 20.6 Å². The third kappa shape index (κ3) is 8.82. The first-order chi connectivity index (χ1) is 20.9. The van der Waals surface area contributed by atoms with E-state index in [9.17, 15) is 0 Å². The van der Waals surface area contributed by atoms with Crippen LogP contribution < -0.4 is 43.7 Å². The van der Waals surface area contributed by atoms with Crippen LogP contribution in [0.1, 0.15) is 32.6 Å². The van der Waals surface area contributed by atoms with Crippen LogP contribution in [0.4, 0.5) is 0 Å². The largest absolute Gasteiger partial charge is 0.497 e. The number of hydrogen-bond donors (Lipinski definition) is 0. The van der Waals surface area contributed by atoms with Gasteiger partial charge in [0.25, 0.3) is 22.6 Å². The second-order valence-corrected chi connectivity index (χ2v) is 13.3. The minimum Gasteiger partial charge on any atom is -0.497 e. The summed E-state index contributed by atoms with van der Waals surface area (Å²) in [5.74, 6) is 0.896. The summed E-state index contributed by atoms with van der Waals surface area (Å²) in [5, 5.41) is 2.27. The Morgan fingerprint density at radius 3 is 1.47 bits per heavy atom. The monoisotopic (exact) mass is 740 g/mol. The van der Waals surface area contributed by atoms with Crippen LogP contribution in [0.25, 0.3) is 11.1 Å². The van der Waals surface area contributed by atoms with Crippen molar-refractivity contribution in [2.75, 3.05) is 7.11 Å². The predicted octanol–water partition coefficient (Wildman–Crippen LogP) is 6.51. The first-order valence-corrected chi connectivity index (χ1v) is 17.0. The number of ether oxygens (including phenoxy) is 1. The van der Waals surface area contributed by atoms with Crippen molar-refractivity contribution in [1.82, 2.24) is 0 Å². The van der Waals surface area contributed by atoms with Gasteiger partial charge in [-0.15, -0.1) is 0 Å². The van der Waals surface area contributed by atoms with Gasteiger partial charge in [0.1, 0.15) is 5.75 Å². The summed E-state index contributed by atoms with van der Waals surface area (Å²) in [4.78, 5) is 0. The average Bonchev–Trinajstić information content (AvgIpc) is 3.03. The molecule has 0 heterocycles. The first-order valence-electron chi connectivity index (χ1n) is 14.7. The highest BCUT2D eigenvalue weighted by atomic mass is 127. The van der Waals surface area contributed by atoms with E-state index in [0.29, 0.717) is 0 Å². The van der Waals surface area contributed by atoms with Gasteiger partial charge in [-0.05, 0) is 66.2 Å². The summed E-state index contributed by atoms with van der Waals surface area (Å²) in [6, 6.07) is 41.5. The molecule has 0 fully saturated rings. The Morgan fingerprint density at radius 2 is 1.05 bits per heavy atom. The summed E-state index contributed by atoms with van der Waals surface area (Å²) in [6.07, 6.45) is 4.81. The summed E-state index contributed by atoms with van der Waals surface area (Å²) in [7, 11) is 1.68. The molecule has 0 aliphatic heterocycles. The maximum Gasteiger partial charge on any atom is 0.297 e. The van der Waals surface area contributed by atoms with Crippen LogP contribution in [0.5, 0.6) is 5.75 Å². The van der Waals surface area contributed by atoms with Crippen molar-refractivity contribution < 1.29 is 27.3 Å². The van der Waals surface area contributed by atoms with Crippen LogP contribution in [-0.2, 0) is 0 Å². The smallest absolute Gasteiger partial charge is 0.297 e. The van der Waals surface area contributed by atoms with Crippen LogP contribution in [-0.4, -0.2) is 13.3 Å². The molecule has 0 aliphatic carbocycles. The van der Waals surface area contributed by atoms with Crippen LogP contribution in [0.3, 0.4) is 0 Å². The second-order valence-electron chi connectivity index (χ2n) is 10.8. The topological polar surface area (TPSA) is 9.23 Å². The van der Waals surface area contributed by atoms with E-state index in [1.54, 1.807) is 7.11 Å². The molecular weight excluding hydrogens is 704 g/mol. The molecular formula is C37H37BCl3IO. The highest BCUT2D eigenvalue weighted by molar-refractivity contribution is 7.11. The Bertz CT molecular complexity index is 1440. The molecule has 222 valence electrons. The maximum atomic E-state index is 6.21. The van der Waals surface area contributed by atoms with Gasteiger partial charge in [-0.3, -0.25) is 0 Å². The van der Waals surface area contributed by atoms with E-state index in [2.05, 4.69) is 79.7 Å². The molecule has 0 aliphatic rings. The van der Waals surface area contributed by atoms with Crippen molar-refractivity contribution >= 4 is 57.3 Å². The van der Waals surface area contributed by atoms with Crippen LogP contribution in [0.2, 0.25) is 21.4 Å². The van der Waals surface area contributed by atoms with Gasteiger partial charge in [-0.25, -0.2) is 0 Å². The third-order valence-electron chi connectivity index (χ3n) is 8.10. The summed E-state index contributed by atoms with van der Waals surface area (Å²) < 4.78 is 6.44. The fourth-order valence-corrected chi connectivity index (χ4v) is 6.94. The molecule has 43 heavy (non-hydrogen) atoms. The van der Waals surface area contributed by atoms with Crippen LogP contribution >= 0.6 is 34.8 Å². The molecule has 0 radical (unpaired) electrons. The average molecular weight is 742 g/mol. The Balaban J connectivity index is 0.000000237. The van der Waals surface area contributed by atoms with Gasteiger partial charge < -0.3 is 4.74 Å². The number of unbranched alkanes of at least 4 members (excludes halogenated alkanes) is 3. The predicted molar refractivity (Wildman–Crippen MR) is 186 cm³/mol. The fourth-order valence-electron chi connectivity index (χ4n) is 5.80. The molecule has 0 unspecified atom stereocenters. The van der Waals surface area contributed by atoms with Crippen molar-refractivity contribution in [3.05, 3.63) is 140 Å². The molecule has 5 aromatic rings. The molecule has 0 spiro atoms. The number of rotatable bonds is 10. The van der Waals surface area contributed by atoms with E-state index in [1.807, 2.05) is 71.1 Å². The minimum absolute atomic E-state index is 0.756. The molecule has 0 atom stereocenters. The van der Waals surface area contributed by atoms with Crippen molar-refractivity contribution in [3.8, 4) is 16.9 Å². The van der Waals surface area contributed by atoms with Crippen molar-refractivity contribution in [2.45, 2.75) is 38.9 Å². The van der Waals surface area contributed by atoms with E-state index in [-0.39, 0.29) is 0 Å². The van der Waals surface area contributed by atoms with E-state index in [1.165, 1.54) is 56.8 Å². The molecule has 5 rings (SSSR count). The van der Waals surface area contributed by atoms with Crippen molar-refractivity contribution in [2.24, 2.45) is 0 Å². The minimum atomic E-state index is -1.15. The molecule has 0 N–H and O–H groups in total. The third-order valence-corrected chi connectivity index (χ3v) is 9.87. The Hall–Kier alpha value is -2.44. The van der Waals surface area contributed by atoms with Crippen LogP contribution in [0, 0.1) is 3.57 Å². The van der Waals surface area contributed by atoms with E-state index < -0.39 is 6.15 Å². The quantitative estimate of drug-likeness (QED) is 0.0902. The standard InChI is InChI=1S/C24H25BCl3.C13H12IO/c1-2-3-4-5-18-25(19-6-12-22(26)13-7-19,20-8-14-23(27)15-9-20)21-10-16-24(28)17-11-21;1-15-11-8-6-10(7-9-11)12-4-2-3-5-13(12)14/h6-17H,2-5,18H2,1H3;2-9,14H,1H3/q-1;+1. The number of methoxy groups -OCH3 is 1. The number of hydrogen-bond acceptors (Lipinski definition) is 1. The zero-order chi connectivity index (χ0) is 30.7. The summed E-state index contributed by atoms with van der Waals surface area (Å²) >= 11 is 20.7. The van der Waals surface area contributed by atoms with Gasteiger partial charge in [0.2, 0.25) is 0 Å². The van der Waals surface area contributed by atoms with Gasteiger partial charge in [0.15, 0.2) is 3.57 Å². The van der Waals surface area contributed by atoms with E-state index in [4.69, 9.17) is 39.5 Å². The van der Waals surface area contributed by atoms with Crippen molar-refractivity contribution in [3.63, 3.8) is 0 Å². The van der Waals surface area contributed by atoms with Crippen LogP contribution in [0.15, 0.2) is 121 Å². The highest BCUT2D eigenvalue weighted by Gasteiger charge is 2.29. The van der Waals surface area contributed by atoms with Crippen molar-refractivity contribution in [1.29, 1.82) is 0 Å². The summed E-state index contributed by atoms with van der Waals surface area (Å²) in [6.45, 7) is 2.25. The zero-order valence-corrected chi connectivity index (χ0v) is 29.2. The lowest BCUT2D eigenvalue weighted by Gasteiger charge is -2.43. The second kappa shape index (κ2) is 16.6. The van der Waals surface area contributed by atoms with Gasteiger partial charge in [0.05, 0.1) is 13.3 Å². The maximum absolute atomic E-state index is 6.21. The highest BCUT2D eigenvalue weighted by Crippen LogP contribution is 2.23. The lowest BCUT2D eigenvalue weighted by Crippen LogP contribution is -3.34. The van der Waals surface area contributed by atoms with Gasteiger partial charge in [-0.1, -0.05) is 128 Å². The zero-order valence-electron chi connectivity index (χ0n) is 24.6. The number of halogens is 4.